The van der Waals surface area contributed by atoms with Crippen LogP contribution in [-0.4, -0.2) is 24.2 Å². The summed E-state index contributed by atoms with van der Waals surface area (Å²) in [5.41, 5.74) is 0.886. The molecule has 0 unspecified atom stereocenters. The SMILES string of the molecule is COc1ccc(CNc2nc(Cl)ncc2F)cc1OC. The number of hydrogen-bond acceptors (Lipinski definition) is 5. The molecule has 0 saturated heterocycles. The van der Waals surface area contributed by atoms with Crippen LogP contribution in [0.15, 0.2) is 24.4 Å². The predicted molar refractivity (Wildman–Crippen MR) is 73.9 cm³/mol. The molecule has 0 fully saturated rings. The molecule has 7 heteroatoms. The maximum atomic E-state index is 13.4. The fraction of sp³-hybridized carbons (Fsp3) is 0.231. The van der Waals surface area contributed by atoms with Crippen molar-refractivity contribution in [1.82, 2.24) is 9.97 Å². The van der Waals surface area contributed by atoms with E-state index in [0.717, 1.165) is 11.8 Å². The van der Waals surface area contributed by atoms with E-state index >= 15 is 0 Å². The fourth-order valence-corrected chi connectivity index (χ4v) is 1.78. The van der Waals surface area contributed by atoms with E-state index in [4.69, 9.17) is 21.1 Å². The summed E-state index contributed by atoms with van der Waals surface area (Å²) in [6, 6.07) is 5.42. The third-order valence-electron chi connectivity index (χ3n) is 2.62. The topological polar surface area (TPSA) is 56.3 Å². The minimum atomic E-state index is -0.560. The van der Waals surface area contributed by atoms with E-state index in [-0.39, 0.29) is 11.1 Å². The van der Waals surface area contributed by atoms with Crippen molar-refractivity contribution in [3.8, 4) is 11.5 Å². The van der Waals surface area contributed by atoms with Crippen molar-refractivity contribution >= 4 is 17.4 Å². The third-order valence-corrected chi connectivity index (χ3v) is 2.80. The Morgan fingerprint density at radius 2 is 2.00 bits per heavy atom. The number of methoxy groups -OCH3 is 2. The lowest BCUT2D eigenvalue weighted by atomic mass is 10.2. The van der Waals surface area contributed by atoms with E-state index in [1.54, 1.807) is 26.4 Å². The Kier molecular flexibility index (Phi) is 4.57. The molecule has 1 aromatic carbocycles. The van der Waals surface area contributed by atoms with Crippen LogP contribution in [0.2, 0.25) is 5.28 Å². The summed E-state index contributed by atoms with van der Waals surface area (Å²) in [5, 5.41) is 2.84. The summed E-state index contributed by atoms with van der Waals surface area (Å²) in [4.78, 5) is 7.32. The van der Waals surface area contributed by atoms with Gasteiger partial charge in [0.2, 0.25) is 5.28 Å². The van der Waals surface area contributed by atoms with Crippen LogP contribution in [-0.2, 0) is 6.54 Å². The Morgan fingerprint density at radius 3 is 2.70 bits per heavy atom. The standard InChI is InChI=1S/C13H13ClFN3O2/c1-19-10-4-3-8(5-11(10)20-2)6-16-12-9(15)7-17-13(14)18-12/h3-5,7H,6H2,1-2H3,(H,16,17,18). The summed E-state index contributed by atoms with van der Waals surface area (Å²) in [6.07, 6.45) is 1.02. The average Bonchev–Trinajstić information content (AvgIpc) is 2.47. The number of benzene rings is 1. The first-order valence-electron chi connectivity index (χ1n) is 5.77. The van der Waals surface area contributed by atoms with Gasteiger partial charge in [-0.1, -0.05) is 6.07 Å². The molecule has 0 saturated carbocycles. The maximum absolute atomic E-state index is 13.4. The highest BCUT2D eigenvalue weighted by atomic mass is 35.5. The van der Waals surface area contributed by atoms with Crippen LogP contribution >= 0.6 is 11.6 Å². The monoisotopic (exact) mass is 297 g/mol. The van der Waals surface area contributed by atoms with Gasteiger partial charge in [-0.2, -0.15) is 4.98 Å². The molecule has 0 amide bonds. The Hall–Kier alpha value is -2.08. The van der Waals surface area contributed by atoms with Gasteiger partial charge in [0.25, 0.3) is 0 Å². The van der Waals surface area contributed by atoms with Gasteiger partial charge in [0.1, 0.15) is 0 Å². The van der Waals surface area contributed by atoms with Crippen LogP contribution in [0, 0.1) is 5.82 Å². The molecule has 1 N–H and O–H groups in total. The minimum Gasteiger partial charge on any atom is -0.493 e. The van der Waals surface area contributed by atoms with Crippen LogP contribution in [0.5, 0.6) is 11.5 Å². The Labute approximate surface area is 120 Å². The smallest absolute Gasteiger partial charge is 0.224 e. The summed E-state index contributed by atoms with van der Waals surface area (Å²) in [6.45, 7) is 0.366. The first-order chi connectivity index (χ1) is 9.63. The lowest BCUT2D eigenvalue weighted by Crippen LogP contribution is -2.05. The Bertz CT molecular complexity index is 610. The van der Waals surface area contributed by atoms with Crippen molar-refractivity contribution in [3.05, 3.63) is 41.1 Å². The summed E-state index contributed by atoms with van der Waals surface area (Å²) in [7, 11) is 3.12. The number of nitrogens with one attached hydrogen (secondary N) is 1. The molecule has 0 radical (unpaired) electrons. The second-order valence-corrected chi connectivity index (χ2v) is 4.22. The zero-order valence-corrected chi connectivity index (χ0v) is 11.7. The Balaban J connectivity index is 2.12. The average molecular weight is 298 g/mol. The van der Waals surface area contributed by atoms with Gasteiger partial charge in [0.15, 0.2) is 23.1 Å². The molecule has 5 nitrogen and oxygen atoms in total. The number of rotatable bonds is 5. The zero-order valence-electron chi connectivity index (χ0n) is 11.0. The molecular formula is C13H13ClFN3O2. The van der Waals surface area contributed by atoms with Crippen molar-refractivity contribution < 1.29 is 13.9 Å². The number of anilines is 1. The largest absolute Gasteiger partial charge is 0.493 e. The van der Waals surface area contributed by atoms with Gasteiger partial charge >= 0.3 is 0 Å². The first kappa shape index (κ1) is 14.3. The number of ether oxygens (including phenoxy) is 2. The van der Waals surface area contributed by atoms with Gasteiger partial charge in [-0.15, -0.1) is 0 Å². The van der Waals surface area contributed by atoms with Gasteiger partial charge in [0.05, 0.1) is 20.4 Å². The summed E-state index contributed by atoms with van der Waals surface area (Å²) >= 11 is 5.62. The second kappa shape index (κ2) is 6.38. The fourth-order valence-electron chi connectivity index (χ4n) is 1.65. The lowest BCUT2D eigenvalue weighted by molar-refractivity contribution is 0.354. The van der Waals surface area contributed by atoms with Crippen LogP contribution < -0.4 is 14.8 Å². The van der Waals surface area contributed by atoms with Gasteiger partial charge in [-0.25, -0.2) is 9.37 Å². The van der Waals surface area contributed by atoms with Crippen molar-refractivity contribution in [2.45, 2.75) is 6.54 Å². The van der Waals surface area contributed by atoms with E-state index < -0.39 is 5.82 Å². The first-order valence-corrected chi connectivity index (χ1v) is 6.14. The molecule has 106 valence electrons. The van der Waals surface area contributed by atoms with E-state index in [0.29, 0.717) is 18.0 Å². The van der Waals surface area contributed by atoms with Crippen molar-refractivity contribution in [2.24, 2.45) is 0 Å². The molecule has 0 aliphatic carbocycles. The molecule has 0 atom stereocenters. The van der Waals surface area contributed by atoms with Crippen molar-refractivity contribution in [2.75, 3.05) is 19.5 Å². The number of aromatic nitrogens is 2. The molecule has 0 aliphatic heterocycles. The number of halogens is 2. The second-order valence-electron chi connectivity index (χ2n) is 3.88. The highest BCUT2D eigenvalue weighted by Gasteiger charge is 2.07. The van der Waals surface area contributed by atoms with E-state index in [1.807, 2.05) is 6.07 Å². The highest BCUT2D eigenvalue weighted by Crippen LogP contribution is 2.27. The van der Waals surface area contributed by atoms with Crippen LogP contribution in [0.1, 0.15) is 5.56 Å². The Morgan fingerprint density at radius 1 is 1.25 bits per heavy atom. The molecule has 20 heavy (non-hydrogen) atoms. The molecular weight excluding hydrogens is 285 g/mol. The quantitative estimate of drug-likeness (QED) is 0.860. The zero-order chi connectivity index (χ0) is 14.5. The molecule has 0 spiro atoms. The molecule has 0 bridgehead atoms. The van der Waals surface area contributed by atoms with E-state index in [9.17, 15) is 4.39 Å². The van der Waals surface area contributed by atoms with Gasteiger partial charge in [0, 0.05) is 6.54 Å². The summed E-state index contributed by atoms with van der Waals surface area (Å²) in [5.74, 6) is 0.732. The molecule has 2 aromatic rings. The minimum absolute atomic E-state index is 0.0128. The van der Waals surface area contributed by atoms with Crippen LogP contribution in [0.25, 0.3) is 0 Å². The van der Waals surface area contributed by atoms with Gasteiger partial charge in [-0.3, -0.25) is 0 Å². The van der Waals surface area contributed by atoms with E-state index in [1.165, 1.54) is 0 Å². The molecule has 2 rings (SSSR count). The van der Waals surface area contributed by atoms with Crippen LogP contribution in [0.3, 0.4) is 0 Å². The van der Waals surface area contributed by atoms with Crippen molar-refractivity contribution in [1.29, 1.82) is 0 Å². The van der Waals surface area contributed by atoms with Crippen molar-refractivity contribution in [3.63, 3.8) is 0 Å². The molecule has 1 heterocycles. The van der Waals surface area contributed by atoms with Gasteiger partial charge in [-0.05, 0) is 29.3 Å². The third kappa shape index (κ3) is 3.27. The molecule has 1 aromatic heterocycles. The summed E-state index contributed by atoms with van der Waals surface area (Å²) < 4.78 is 23.8. The molecule has 0 aliphatic rings. The maximum Gasteiger partial charge on any atom is 0.224 e. The number of nitrogens with zero attached hydrogens (tertiary/aromatic N) is 2. The lowest BCUT2D eigenvalue weighted by Gasteiger charge is -2.10. The van der Waals surface area contributed by atoms with Crippen LogP contribution in [0.4, 0.5) is 10.2 Å². The highest BCUT2D eigenvalue weighted by molar-refractivity contribution is 6.28. The van der Waals surface area contributed by atoms with Gasteiger partial charge < -0.3 is 14.8 Å². The number of hydrogen-bond donors (Lipinski definition) is 1. The predicted octanol–water partition coefficient (Wildman–Crippen LogP) is 2.90. The normalized spacial score (nSPS) is 10.2. The van der Waals surface area contributed by atoms with E-state index in [2.05, 4.69) is 15.3 Å².